The van der Waals surface area contributed by atoms with Crippen molar-refractivity contribution in [2.75, 3.05) is 11.1 Å². The van der Waals surface area contributed by atoms with E-state index in [0.717, 1.165) is 0 Å². The number of halogens is 2. The number of anilines is 2. The maximum absolute atomic E-state index is 12.1. The first kappa shape index (κ1) is 14.7. The Hall–Kier alpha value is -1.75. The standard InChI is InChI=1S/C14H12Cl2N2O2/c15-11-5-9(6-12(16)13(11)17)14(20)18-10-3-1-2-8(4-10)7-19/h1-6,19H,7,17H2,(H,18,20). The Bertz CT molecular complexity index is 636. The van der Waals surface area contributed by atoms with Crippen molar-refractivity contribution in [3.05, 3.63) is 57.6 Å². The van der Waals surface area contributed by atoms with Crippen LogP contribution in [0.1, 0.15) is 15.9 Å². The largest absolute Gasteiger partial charge is 0.396 e. The molecule has 0 aliphatic rings. The van der Waals surface area contributed by atoms with Crippen LogP contribution in [0.25, 0.3) is 0 Å². The molecule has 2 aromatic rings. The van der Waals surface area contributed by atoms with Crippen molar-refractivity contribution in [3.63, 3.8) is 0 Å². The van der Waals surface area contributed by atoms with Crippen LogP contribution in [0.2, 0.25) is 10.0 Å². The van der Waals surface area contributed by atoms with Gasteiger partial charge < -0.3 is 16.2 Å². The molecule has 0 aromatic heterocycles. The third-order valence-corrected chi connectivity index (χ3v) is 3.33. The number of amides is 1. The fourth-order valence-corrected chi connectivity index (χ4v) is 2.15. The number of aliphatic hydroxyl groups excluding tert-OH is 1. The van der Waals surface area contributed by atoms with E-state index in [1.807, 2.05) is 0 Å². The number of nitrogens with one attached hydrogen (secondary N) is 1. The molecule has 2 rings (SSSR count). The molecule has 2 aromatic carbocycles. The van der Waals surface area contributed by atoms with E-state index in [1.165, 1.54) is 12.1 Å². The lowest BCUT2D eigenvalue weighted by Crippen LogP contribution is -2.12. The SMILES string of the molecule is Nc1c(Cl)cc(C(=O)Nc2cccc(CO)c2)cc1Cl. The summed E-state index contributed by atoms with van der Waals surface area (Å²) in [5.74, 6) is -0.358. The molecule has 0 fully saturated rings. The number of hydrogen-bond donors (Lipinski definition) is 3. The minimum Gasteiger partial charge on any atom is -0.396 e. The van der Waals surface area contributed by atoms with Gasteiger partial charge in [-0.15, -0.1) is 0 Å². The van der Waals surface area contributed by atoms with Crippen molar-refractivity contribution in [1.29, 1.82) is 0 Å². The molecule has 4 nitrogen and oxygen atoms in total. The maximum atomic E-state index is 12.1. The lowest BCUT2D eigenvalue weighted by atomic mass is 10.1. The zero-order valence-corrected chi connectivity index (χ0v) is 11.9. The molecule has 6 heteroatoms. The van der Waals surface area contributed by atoms with Crippen molar-refractivity contribution >= 4 is 40.5 Å². The summed E-state index contributed by atoms with van der Waals surface area (Å²) in [6.07, 6.45) is 0. The molecule has 0 radical (unpaired) electrons. The Labute approximate surface area is 126 Å². The number of nitrogens with two attached hydrogens (primary N) is 1. The molecular weight excluding hydrogens is 299 g/mol. The Morgan fingerprint density at radius 3 is 2.45 bits per heavy atom. The highest BCUT2D eigenvalue weighted by atomic mass is 35.5. The highest BCUT2D eigenvalue weighted by molar-refractivity contribution is 6.39. The molecule has 0 unspecified atom stereocenters. The summed E-state index contributed by atoms with van der Waals surface area (Å²) in [5.41, 5.74) is 7.45. The molecule has 0 bridgehead atoms. The average molecular weight is 311 g/mol. The third-order valence-electron chi connectivity index (χ3n) is 2.71. The van der Waals surface area contributed by atoms with E-state index in [0.29, 0.717) is 16.8 Å². The Morgan fingerprint density at radius 2 is 1.85 bits per heavy atom. The first-order valence-electron chi connectivity index (χ1n) is 5.77. The van der Waals surface area contributed by atoms with Crippen LogP contribution in [-0.2, 0) is 6.61 Å². The predicted octanol–water partition coefficient (Wildman–Crippen LogP) is 3.32. The van der Waals surface area contributed by atoms with Gasteiger partial charge in [0, 0.05) is 11.3 Å². The molecule has 0 atom stereocenters. The molecular formula is C14H12Cl2N2O2. The van der Waals surface area contributed by atoms with Crippen molar-refractivity contribution in [2.45, 2.75) is 6.61 Å². The number of carbonyl (C=O) groups excluding carboxylic acids is 1. The average Bonchev–Trinajstić information content (AvgIpc) is 2.44. The van der Waals surface area contributed by atoms with E-state index in [9.17, 15) is 4.79 Å². The van der Waals surface area contributed by atoms with E-state index in [1.54, 1.807) is 24.3 Å². The number of carbonyl (C=O) groups is 1. The first-order valence-corrected chi connectivity index (χ1v) is 6.52. The number of benzene rings is 2. The molecule has 104 valence electrons. The van der Waals surface area contributed by atoms with Gasteiger partial charge >= 0.3 is 0 Å². The van der Waals surface area contributed by atoms with Gasteiger partial charge in [0.2, 0.25) is 0 Å². The van der Waals surface area contributed by atoms with E-state index in [2.05, 4.69) is 5.32 Å². The van der Waals surface area contributed by atoms with Gasteiger partial charge in [0.15, 0.2) is 0 Å². The van der Waals surface area contributed by atoms with Crippen LogP contribution in [0.3, 0.4) is 0 Å². The molecule has 0 aliphatic heterocycles. The Morgan fingerprint density at radius 1 is 1.20 bits per heavy atom. The summed E-state index contributed by atoms with van der Waals surface area (Å²) in [5, 5.41) is 12.2. The van der Waals surface area contributed by atoms with Crippen LogP contribution in [0.15, 0.2) is 36.4 Å². The van der Waals surface area contributed by atoms with Gasteiger partial charge in [-0.1, -0.05) is 35.3 Å². The smallest absolute Gasteiger partial charge is 0.255 e. The summed E-state index contributed by atoms with van der Waals surface area (Å²) >= 11 is 11.8. The molecule has 0 heterocycles. The minimum absolute atomic E-state index is 0.0940. The number of rotatable bonds is 3. The summed E-state index contributed by atoms with van der Waals surface area (Å²) in [7, 11) is 0. The van der Waals surface area contributed by atoms with Crippen LogP contribution >= 0.6 is 23.2 Å². The third kappa shape index (κ3) is 3.22. The van der Waals surface area contributed by atoms with E-state index < -0.39 is 0 Å². The van der Waals surface area contributed by atoms with Gasteiger partial charge in [-0.3, -0.25) is 4.79 Å². The van der Waals surface area contributed by atoms with Gasteiger partial charge in [-0.05, 0) is 29.8 Å². The summed E-state index contributed by atoms with van der Waals surface area (Å²) in [6.45, 7) is -0.0940. The minimum atomic E-state index is -0.358. The molecule has 0 saturated carbocycles. The van der Waals surface area contributed by atoms with Crippen LogP contribution in [0.4, 0.5) is 11.4 Å². The van der Waals surface area contributed by atoms with Crippen LogP contribution in [-0.4, -0.2) is 11.0 Å². The molecule has 4 N–H and O–H groups in total. The fraction of sp³-hybridized carbons (Fsp3) is 0.0714. The van der Waals surface area contributed by atoms with Gasteiger partial charge in [0.1, 0.15) is 0 Å². The molecule has 1 amide bonds. The molecule has 20 heavy (non-hydrogen) atoms. The van der Waals surface area contributed by atoms with E-state index in [4.69, 9.17) is 34.0 Å². The van der Waals surface area contributed by atoms with Crippen LogP contribution in [0.5, 0.6) is 0 Å². The second kappa shape index (κ2) is 6.13. The highest BCUT2D eigenvalue weighted by Gasteiger charge is 2.11. The second-order valence-corrected chi connectivity index (χ2v) is 4.98. The van der Waals surface area contributed by atoms with Crippen LogP contribution < -0.4 is 11.1 Å². The Balaban J connectivity index is 2.23. The van der Waals surface area contributed by atoms with E-state index >= 15 is 0 Å². The number of hydrogen-bond acceptors (Lipinski definition) is 3. The predicted molar refractivity (Wildman–Crippen MR) is 81.2 cm³/mol. The van der Waals surface area contributed by atoms with Crippen molar-refractivity contribution < 1.29 is 9.90 Å². The number of aliphatic hydroxyl groups is 1. The van der Waals surface area contributed by atoms with Crippen molar-refractivity contribution in [1.82, 2.24) is 0 Å². The topological polar surface area (TPSA) is 75.4 Å². The first-order chi connectivity index (χ1) is 9.51. The van der Waals surface area contributed by atoms with Gasteiger partial charge in [0.05, 0.1) is 22.3 Å². The van der Waals surface area contributed by atoms with E-state index in [-0.39, 0.29) is 28.2 Å². The van der Waals surface area contributed by atoms with Gasteiger partial charge in [-0.2, -0.15) is 0 Å². The van der Waals surface area contributed by atoms with Gasteiger partial charge in [-0.25, -0.2) is 0 Å². The monoisotopic (exact) mass is 310 g/mol. The fourth-order valence-electron chi connectivity index (χ4n) is 1.67. The molecule has 0 spiro atoms. The maximum Gasteiger partial charge on any atom is 0.255 e. The lowest BCUT2D eigenvalue weighted by Gasteiger charge is -2.08. The lowest BCUT2D eigenvalue weighted by molar-refractivity contribution is 0.102. The van der Waals surface area contributed by atoms with Crippen molar-refractivity contribution in [3.8, 4) is 0 Å². The zero-order chi connectivity index (χ0) is 14.7. The Kier molecular flexibility index (Phi) is 4.49. The quantitative estimate of drug-likeness (QED) is 0.761. The molecule has 0 saturated heterocycles. The van der Waals surface area contributed by atoms with Crippen LogP contribution in [0, 0.1) is 0 Å². The summed E-state index contributed by atoms with van der Waals surface area (Å²) in [4.78, 5) is 12.1. The summed E-state index contributed by atoms with van der Waals surface area (Å²) in [6, 6.07) is 9.80. The second-order valence-electron chi connectivity index (χ2n) is 4.17. The highest BCUT2D eigenvalue weighted by Crippen LogP contribution is 2.29. The van der Waals surface area contributed by atoms with Gasteiger partial charge in [0.25, 0.3) is 5.91 Å². The zero-order valence-electron chi connectivity index (χ0n) is 10.4. The number of nitrogen functional groups attached to an aromatic ring is 1. The van der Waals surface area contributed by atoms with Crippen molar-refractivity contribution in [2.24, 2.45) is 0 Å². The molecule has 0 aliphatic carbocycles. The normalized spacial score (nSPS) is 10.3. The summed E-state index contributed by atoms with van der Waals surface area (Å²) < 4.78 is 0.